The Morgan fingerprint density at radius 3 is 2.22 bits per heavy atom. The first-order valence-electron chi connectivity index (χ1n) is 2.49. The lowest BCUT2D eigenvalue weighted by atomic mass is 10.5. The molecule has 0 saturated carbocycles. The number of methoxy groups -OCH3 is 1. The molecular weight excluding hydrogens is 142 g/mol. The maximum Gasteiger partial charge on any atom is 0.213 e. The molecule has 0 saturated heterocycles. The Balaban J connectivity index is 3.90. The van der Waals surface area contributed by atoms with Crippen LogP contribution in [-0.2, 0) is 14.8 Å². The SMILES string of the molecule is COCC(C)S(N)(=O)=O. The van der Waals surface area contributed by atoms with E-state index in [-0.39, 0.29) is 6.61 Å². The van der Waals surface area contributed by atoms with E-state index in [1.54, 1.807) is 0 Å². The molecule has 9 heavy (non-hydrogen) atoms. The standard InChI is InChI=1S/C4H11NO3S/c1-4(3-8-2)9(5,6)7/h4H,3H2,1-2H3,(H2,5,6,7). The molecule has 56 valence electrons. The minimum atomic E-state index is -3.39. The summed E-state index contributed by atoms with van der Waals surface area (Å²) in [5.74, 6) is 0. The lowest BCUT2D eigenvalue weighted by Crippen LogP contribution is -2.29. The normalized spacial score (nSPS) is 15.4. The van der Waals surface area contributed by atoms with Crippen LogP contribution in [0.2, 0.25) is 0 Å². The van der Waals surface area contributed by atoms with Crippen molar-refractivity contribution in [1.82, 2.24) is 0 Å². The lowest BCUT2D eigenvalue weighted by Gasteiger charge is -2.05. The van der Waals surface area contributed by atoms with Crippen LogP contribution in [0.1, 0.15) is 6.92 Å². The first-order chi connectivity index (χ1) is 3.98. The first kappa shape index (κ1) is 8.87. The summed E-state index contributed by atoms with van der Waals surface area (Å²) in [4.78, 5) is 0. The van der Waals surface area contributed by atoms with Gasteiger partial charge in [-0.3, -0.25) is 0 Å². The summed E-state index contributed by atoms with van der Waals surface area (Å²) in [5, 5.41) is 4.15. The highest BCUT2D eigenvalue weighted by molar-refractivity contribution is 7.89. The molecule has 0 rings (SSSR count). The van der Waals surface area contributed by atoms with Crippen molar-refractivity contribution in [2.75, 3.05) is 13.7 Å². The Bertz CT molecular complexity index is 163. The van der Waals surface area contributed by atoms with E-state index in [2.05, 4.69) is 4.74 Å². The smallest absolute Gasteiger partial charge is 0.213 e. The summed E-state index contributed by atoms with van der Waals surface area (Å²) >= 11 is 0. The molecule has 0 fully saturated rings. The zero-order chi connectivity index (χ0) is 7.49. The van der Waals surface area contributed by atoms with Crippen LogP contribution in [0.25, 0.3) is 0 Å². The molecule has 0 aliphatic carbocycles. The van der Waals surface area contributed by atoms with Crippen molar-refractivity contribution in [3.63, 3.8) is 0 Å². The fourth-order valence-corrected chi connectivity index (χ4v) is 0.655. The molecule has 0 aliphatic heterocycles. The number of primary sulfonamides is 1. The molecule has 0 radical (unpaired) electrons. The summed E-state index contributed by atoms with van der Waals surface area (Å²) in [7, 11) is -1.96. The van der Waals surface area contributed by atoms with Crippen LogP contribution in [-0.4, -0.2) is 27.4 Å². The molecule has 1 atom stereocenters. The zero-order valence-electron chi connectivity index (χ0n) is 5.49. The van der Waals surface area contributed by atoms with Crippen molar-refractivity contribution in [3.05, 3.63) is 0 Å². The quantitative estimate of drug-likeness (QED) is 0.583. The average Bonchev–Trinajstić information content (AvgIpc) is 1.64. The third kappa shape index (κ3) is 3.45. The van der Waals surface area contributed by atoms with Gasteiger partial charge in [0.05, 0.1) is 11.9 Å². The van der Waals surface area contributed by atoms with E-state index in [1.165, 1.54) is 14.0 Å². The van der Waals surface area contributed by atoms with Crippen molar-refractivity contribution in [1.29, 1.82) is 0 Å². The summed E-state index contributed by atoms with van der Waals surface area (Å²) in [5.41, 5.74) is 0. The van der Waals surface area contributed by atoms with Gasteiger partial charge in [0.25, 0.3) is 0 Å². The van der Waals surface area contributed by atoms with E-state index in [0.29, 0.717) is 0 Å². The predicted molar refractivity (Wildman–Crippen MR) is 34.4 cm³/mol. The largest absolute Gasteiger partial charge is 0.383 e. The topological polar surface area (TPSA) is 69.4 Å². The number of nitrogens with two attached hydrogens (primary N) is 1. The highest BCUT2D eigenvalue weighted by atomic mass is 32.2. The fraction of sp³-hybridized carbons (Fsp3) is 1.00. The van der Waals surface area contributed by atoms with Crippen LogP contribution in [0.3, 0.4) is 0 Å². The van der Waals surface area contributed by atoms with Crippen molar-refractivity contribution >= 4 is 10.0 Å². The molecule has 0 aliphatic rings. The number of ether oxygens (including phenoxy) is 1. The van der Waals surface area contributed by atoms with Gasteiger partial charge >= 0.3 is 0 Å². The molecule has 0 bridgehead atoms. The Hall–Kier alpha value is -0.130. The van der Waals surface area contributed by atoms with E-state index >= 15 is 0 Å². The van der Waals surface area contributed by atoms with Gasteiger partial charge < -0.3 is 4.74 Å². The lowest BCUT2D eigenvalue weighted by molar-refractivity contribution is 0.200. The number of hydrogen-bond acceptors (Lipinski definition) is 3. The van der Waals surface area contributed by atoms with Crippen molar-refractivity contribution in [2.45, 2.75) is 12.2 Å². The van der Waals surface area contributed by atoms with Crippen LogP contribution >= 0.6 is 0 Å². The van der Waals surface area contributed by atoms with Gasteiger partial charge in [-0.2, -0.15) is 0 Å². The molecule has 5 heteroatoms. The minimum Gasteiger partial charge on any atom is -0.383 e. The first-order valence-corrected chi connectivity index (χ1v) is 4.10. The van der Waals surface area contributed by atoms with Gasteiger partial charge in [0.2, 0.25) is 10.0 Å². The molecule has 0 aromatic rings. The van der Waals surface area contributed by atoms with Gasteiger partial charge in [-0.1, -0.05) is 0 Å². The Kier molecular flexibility index (Phi) is 3.10. The molecule has 0 spiro atoms. The Morgan fingerprint density at radius 1 is 1.67 bits per heavy atom. The van der Waals surface area contributed by atoms with E-state index in [1.807, 2.05) is 0 Å². The van der Waals surface area contributed by atoms with Crippen molar-refractivity contribution in [2.24, 2.45) is 5.14 Å². The molecule has 0 aromatic carbocycles. The van der Waals surface area contributed by atoms with Gasteiger partial charge in [-0.05, 0) is 6.92 Å². The molecule has 2 N–H and O–H groups in total. The maximum absolute atomic E-state index is 10.4. The fourth-order valence-electron chi connectivity index (χ4n) is 0.330. The van der Waals surface area contributed by atoms with Gasteiger partial charge in [-0.15, -0.1) is 0 Å². The molecular formula is C4H11NO3S. The van der Waals surface area contributed by atoms with Crippen LogP contribution in [0, 0.1) is 0 Å². The molecule has 4 nitrogen and oxygen atoms in total. The van der Waals surface area contributed by atoms with E-state index in [0.717, 1.165) is 0 Å². The van der Waals surface area contributed by atoms with E-state index in [9.17, 15) is 8.42 Å². The summed E-state index contributed by atoms with van der Waals surface area (Å²) in [6, 6.07) is 0. The van der Waals surface area contributed by atoms with Gasteiger partial charge in [0, 0.05) is 7.11 Å². The summed E-state index contributed by atoms with van der Waals surface area (Å²) in [6.07, 6.45) is 0. The monoisotopic (exact) mass is 153 g/mol. The van der Waals surface area contributed by atoms with Crippen LogP contribution in [0.4, 0.5) is 0 Å². The Morgan fingerprint density at radius 2 is 2.11 bits per heavy atom. The predicted octanol–water partition coefficient (Wildman–Crippen LogP) is -0.690. The van der Waals surface area contributed by atoms with Crippen LogP contribution in [0.5, 0.6) is 0 Å². The summed E-state index contributed by atoms with van der Waals surface area (Å²) < 4.78 is 25.4. The van der Waals surface area contributed by atoms with Crippen molar-refractivity contribution in [3.8, 4) is 0 Å². The van der Waals surface area contributed by atoms with Gasteiger partial charge in [0.15, 0.2) is 0 Å². The molecule has 0 amide bonds. The van der Waals surface area contributed by atoms with Crippen LogP contribution in [0.15, 0.2) is 0 Å². The third-order valence-corrected chi connectivity index (χ3v) is 2.22. The second-order valence-electron chi connectivity index (χ2n) is 1.85. The van der Waals surface area contributed by atoms with Gasteiger partial charge in [0.1, 0.15) is 0 Å². The van der Waals surface area contributed by atoms with Crippen LogP contribution < -0.4 is 5.14 Å². The molecule has 0 heterocycles. The van der Waals surface area contributed by atoms with Gasteiger partial charge in [-0.25, -0.2) is 13.6 Å². The molecule has 0 aromatic heterocycles. The third-order valence-electron chi connectivity index (χ3n) is 0.962. The van der Waals surface area contributed by atoms with Crippen molar-refractivity contribution < 1.29 is 13.2 Å². The molecule has 1 unspecified atom stereocenters. The maximum atomic E-state index is 10.4. The number of sulfonamides is 1. The zero-order valence-corrected chi connectivity index (χ0v) is 6.31. The highest BCUT2D eigenvalue weighted by Gasteiger charge is 2.13. The number of rotatable bonds is 3. The number of hydrogen-bond donors (Lipinski definition) is 1. The Labute approximate surface area is 55.0 Å². The average molecular weight is 153 g/mol. The summed E-state index contributed by atoms with van der Waals surface area (Å²) in [6.45, 7) is 1.65. The second-order valence-corrected chi connectivity index (χ2v) is 3.84. The minimum absolute atomic E-state index is 0.152. The van der Waals surface area contributed by atoms with E-state index in [4.69, 9.17) is 5.14 Å². The van der Waals surface area contributed by atoms with E-state index < -0.39 is 15.3 Å². The second kappa shape index (κ2) is 3.14. The highest BCUT2D eigenvalue weighted by Crippen LogP contribution is 1.92.